The molecule has 0 aliphatic heterocycles. The third kappa shape index (κ3) is 1.93. The van der Waals surface area contributed by atoms with Crippen molar-refractivity contribution in [2.24, 2.45) is 7.05 Å². The Balaban J connectivity index is 1.98. The van der Waals surface area contributed by atoms with Crippen molar-refractivity contribution in [2.45, 2.75) is 13.5 Å². The van der Waals surface area contributed by atoms with Crippen LogP contribution in [0.15, 0.2) is 17.6 Å². The fraction of sp³-hybridized carbons (Fsp3) is 0.333. The fourth-order valence-corrected chi connectivity index (χ4v) is 1.86. The Labute approximate surface area is 86.6 Å². The topological polar surface area (TPSA) is 42.7 Å². The highest BCUT2D eigenvalue weighted by atomic mass is 32.1. The second kappa shape index (κ2) is 3.79. The van der Waals surface area contributed by atoms with Gasteiger partial charge in [0.05, 0.1) is 17.9 Å². The molecule has 5 heteroatoms. The molecule has 74 valence electrons. The molecule has 0 spiro atoms. The van der Waals surface area contributed by atoms with Crippen molar-refractivity contribution in [3.05, 3.63) is 29.0 Å². The third-order valence-electron chi connectivity index (χ3n) is 1.96. The van der Waals surface area contributed by atoms with Crippen LogP contribution in [0.2, 0.25) is 0 Å². The maximum atomic E-state index is 4.32. The first-order chi connectivity index (χ1) is 6.75. The van der Waals surface area contributed by atoms with E-state index < -0.39 is 0 Å². The fourth-order valence-electron chi connectivity index (χ4n) is 1.18. The molecular formula is C9H12N4S. The van der Waals surface area contributed by atoms with Crippen LogP contribution in [0.25, 0.3) is 0 Å². The summed E-state index contributed by atoms with van der Waals surface area (Å²) in [7, 11) is 1.93. The van der Waals surface area contributed by atoms with E-state index in [0.717, 1.165) is 23.1 Å². The quantitative estimate of drug-likeness (QED) is 0.836. The van der Waals surface area contributed by atoms with E-state index in [1.54, 1.807) is 17.5 Å². The normalized spacial score (nSPS) is 10.4. The number of nitrogens with one attached hydrogen (secondary N) is 1. The summed E-state index contributed by atoms with van der Waals surface area (Å²) in [4.78, 5) is 4.32. The van der Waals surface area contributed by atoms with Gasteiger partial charge in [-0.05, 0) is 13.0 Å². The van der Waals surface area contributed by atoms with Gasteiger partial charge in [-0.3, -0.25) is 4.68 Å². The number of hydrogen-bond acceptors (Lipinski definition) is 4. The molecule has 0 aliphatic carbocycles. The molecule has 2 aromatic rings. The number of aryl methyl sites for hydroxylation is 2. The van der Waals surface area contributed by atoms with Gasteiger partial charge in [0, 0.05) is 18.6 Å². The minimum Gasteiger partial charge on any atom is -0.356 e. The molecule has 2 heterocycles. The first kappa shape index (κ1) is 9.21. The molecule has 14 heavy (non-hydrogen) atoms. The van der Waals surface area contributed by atoms with Crippen LogP contribution in [0.4, 0.5) is 5.13 Å². The van der Waals surface area contributed by atoms with Crippen LogP contribution in [0, 0.1) is 6.92 Å². The number of thiazole rings is 1. The van der Waals surface area contributed by atoms with Crippen LogP contribution >= 0.6 is 11.3 Å². The minimum absolute atomic E-state index is 0.767. The van der Waals surface area contributed by atoms with Gasteiger partial charge in [0.1, 0.15) is 0 Å². The van der Waals surface area contributed by atoms with Crippen molar-refractivity contribution in [1.29, 1.82) is 0 Å². The van der Waals surface area contributed by atoms with E-state index in [2.05, 4.69) is 15.4 Å². The molecule has 2 rings (SSSR count). The predicted octanol–water partition coefficient (Wildman–Crippen LogP) is 1.80. The molecule has 0 amide bonds. The van der Waals surface area contributed by atoms with Crippen LogP contribution in [-0.4, -0.2) is 14.8 Å². The predicted molar refractivity (Wildman–Crippen MR) is 57.4 cm³/mol. The van der Waals surface area contributed by atoms with Gasteiger partial charge in [0.25, 0.3) is 0 Å². The molecule has 0 unspecified atom stereocenters. The largest absolute Gasteiger partial charge is 0.356 e. The van der Waals surface area contributed by atoms with Crippen molar-refractivity contribution >= 4 is 16.5 Å². The summed E-state index contributed by atoms with van der Waals surface area (Å²) in [6, 6.07) is 1.99. The number of hydrogen-bond donors (Lipinski definition) is 1. The molecule has 0 aromatic carbocycles. The average Bonchev–Trinajstić information content (AvgIpc) is 2.72. The molecule has 0 saturated carbocycles. The van der Waals surface area contributed by atoms with Gasteiger partial charge in [-0.25, -0.2) is 4.98 Å². The van der Waals surface area contributed by atoms with Crippen molar-refractivity contribution in [2.75, 3.05) is 5.32 Å². The summed E-state index contributed by atoms with van der Waals surface area (Å²) in [5.41, 5.74) is 2.21. The smallest absolute Gasteiger partial charge is 0.183 e. The second-order valence-electron chi connectivity index (χ2n) is 3.09. The second-order valence-corrected chi connectivity index (χ2v) is 3.95. The van der Waals surface area contributed by atoms with Gasteiger partial charge >= 0.3 is 0 Å². The lowest BCUT2D eigenvalue weighted by molar-refractivity contribution is 0.720. The van der Waals surface area contributed by atoms with Crippen LogP contribution < -0.4 is 5.32 Å². The van der Waals surface area contributed by atoms with E-state index in [4.69, 9.17) is 0 Å². The Hall–Kier alpha value is -1.36. The molecule has 0 saturated heterocycles. The molecular weight excluding hydrogens is 196 g/mol. The molecule has 0 aliphatic rings. The molecule has 4 nitrogen and oxygen atoms in total. The van der Waals surface area contributed by atoms with E-state index in [9.17, 15) is 0 Å². The van der Waals surface area contributed by atoms with Gasteiger partial charge in [-0.1, -0.05) is 0 Å². The van der Waals surface area contributed by atoms with Crippen LogP contribution in [0.1, 0.15) is 11.4 Å². The maximum absolute atomic E-state index is 4.32. The summed E-state index contributed by atoms with van der Waals surface area (Å²) in [5.74, 6) is 0. The lowest BCUT2D eigenvalue weighted by Crippen LogP contribution is -2.05. The summed E-state index contributed by atoms with van der Waals surface area (Å²) in [6.45, 7) is 2.76. The Bertz CT molecular complexity index is 418. The zero-order chi connectivity index (χ0) is 9.97. The van der Waals surface area contributed by atoms with Crippen LogP contribution in [0.3, 0.4) is 0 Å². The molecule has 0 bridgehead atoms. The first-order valence-corrected chi connectivity index (χ1v) is 5.26. The van der Waals surface area contributed by atoms with E-state index in [1.165, 1.54) is 0 Å². The van der Waals surface area contributed by atoms with Crippen molar-refractivity contribution in [1.82, 2.24) is 14.8 Å². The van der Waals surface area contributed by atoms with Crippen molar-refractivity contribution in [3.63, 3.8) is 0 Å². The minimum atomic E-state index is 0.767. The van der Waals surface area contributed by atoms with Crippen LogP contribution in [0.5, 0.6) is 0 Å². The highest BCUT2D eigenvalue weighted by Gasteiger charge is 2.00. The van der Waals surface area contributed by atoms with Crippen molar-refractivity contribution < 1.29 is 0 Å². The molecule has 2 aromatic heterocycles. The number of anilines is 1. The highest BCUT2D eigenvalue weighted by molar-refractivity contribution is 7.13. The third-order valence-corrected chi connectivity index (χ3v) is 2.88. The van der Waals surface area contributed by atoms with Crippen molar-refractivity contribution in [3.8, 4) is 0 Å². The highest BCUT2D eigenvalue weighted by Crippen LogP contribution is 2.15. The lowest BCUT2D eigenvalue weighted by atomic mass is 10.4. The maximum Gasteiger partial charge on any atom is 0.183 e. The van der Waals surface area contributed by atoms with E-state index in [1.807, 2.05) is 30.1 Å². The van der Waals surface area contributed by atoms with E-state index >= 15 is 0 Å². The van der Waals surface area contributed by atoms with Gasteiger partial charge in [0.2, 0.25) is 0 Å². The van der Waals surface area contributed by atoms with Gasteiger partial charge in [-0.15, -0.1) is 11.3 Å². The number of aromatic nitrogens is 3. The van der Waals surface area contributed by atoms with Crippen LogP contribution in [-0.2, 0) is 13.6 Å². The summed E-state index contributed by atoms with van der Waals surface area (Å²) >= 11 is 1.63. The summed E-state index contributed by atoms with van der Waals surface area (Å²) in [6.07, 6.45) is 1.80. The lowest BCUT2D eigenvalue weighted by Gasteiger charge is -2.02. The van der Waals surface area contributed by atoms with E-state index in [-0.39, 0.29) is 0 Å². The number of nitrogens with zero attached hydrogens (tertiary/aromatic N) is 3. The monoisotopic (exact) mass is 208 g/mol. The van der Waals surface area contributed by atoms with Gasteiger partial charge in [0.15, 0.2) is 5.13 Å². The molecule has 0 atom stereocenters. The Kier molecular flexibility index (Phi) is 2.49. The average molecular weight is 208 g/mol. The van der Waals surface area contributed by atoms with E-state index in [0.29, 0.717) is 0 Å². The first-order valence-electron chi connectivity index (χ1n) is 4.38. The zero-order valence-corrected chi connectivity index (χ0v) is 9.01. The molecule has 1 N–H and O–H groups in total. The standard InChI is InChI=1S/C9H12N4S/c1-7-6-14-9(12-7)10-5-8-3-4-11-13(8)2/h3-4,6H,5H2,1-2H3,(H,10,12). The van der Waals surface area contributed by atoms with Gasteiger partial charge < -0.3 is 5.32 Å². The molecule has 0 radical (unpaired) electrons. The van der Waals surface area contributed by atoms with Gasteiger partial charge in [-0.2, -0.15) is 5.10 Å². The summed E-state index contributed by atoms with van der Waals surface area (Å²) in [5, 5.41) is 10.3. The Morgan fingerprint density at radius 1 is 1.57 bits per heavy atom. The SMILES string of the molecule is Cc1csc(NCc2ccnn2C)n1. The summed E-state index contributed by atoms with van der Waals surface area (Å²) < 4.78 is 1.85. The molecule has 0 fully saturated rings. The zero-order valence-electron chi connectivity index (χ0n) is 8.19. The number of rotatable bonds is 3. The Morgan fingerprint density at radius 2 is 2.43 bits per heavy atom. The Morgan fingerprint density at radius 3 is 3.00 bits per heavy atom.